The highest BCUT2D eigenvalue weighted by Gasteiger charge is 2.21. The molecule has 0 saturated heterocycles. The highest BCUT2D eigenvalue weighted by atomic mass is 15.0. The van der Waals surface area contributed by atoms with E-state index in [4.69, 9.17) is 0 Å². The zero-order valence-corrected chi connectivity index (χ0v) is 44.5. The van der Waals surface area contributed by atoms with Gasteiger partial charge >= 0.3 is 0 Å². The van der Waals surface area contributed by atoms with Gasteiger partial charge in [0.15, 0.2) is 0 Å². The molecular formula is C78H53N3. The quantitative estimate of drug-likeness (QED) is 0.137. The summed E-state index contributed by atoms with van der Waals surface area (Å²) in [4.78, 5) is 0. The Labute approximate surface area is 470 Å². The molecule has 3 nitrogen and oxygen atoms in total. The lowest BCUT2D eigenvalue weighted by Gasteiger charge is -2.18. The van der Waals surface area contributed by atoms with Crippen molar-refractivity contribution in [1.82, 2.24) is 13.7 Å². The van der Waals surface area contributed by atoms with Gasteiger partial charge < -0.3 is 13.7 Å². The minimum Gasteiger partial charge on any atom is -0.310 e. The van der Waals surface area contributed by atoms with Crippen LogP contribution < -0.4 is 0 Å². The summed E-state index contributed by atoms with van der Waals surface area (Å²) >= 11 is 0. The fourth-order valence-corrected chi connectivity index (χ4v) is 13.1. The molecular weight excluding hydrogens is 979 g/mol. The molecule has 0 N–H and O–H groups in total. The highest BCUT2D eigenvalue weighted by molar-refractivity contribution is 6.10. The molecule has 15 aromatic rings. The Morgan fingerprint density at radius 2 is 0.519 bits per heavy atom. The normalized spacial score (nSPS) is 12.3. The zero-order valence-electron chi connectivity index (χ0n) is 44.5. The van der Waals surface area contributed by atoms with Crippen molar-refractivity contribution in [2.45, 2.75) is 12.8 Å². The minimum atomic E-state index is 1.02. The standard InChI is InChI=1S/C78H53N3/c1-3-19-52(20-4-1)56-43-58(54-35-39-64(40-36-54)79-73-29-13-7-23-67(73)68-24-8-14-30-74(68)79)47-60(45-56)62-49-63(51-66(50-62)81-77-33-17-11-27-71(77)72-28-12-18-34-78(72)81)61-46-57(53-21-5-2-6-22-53)44-59(48-61)55-37-41-65(42-38-55)80-75-31-15-9-25-69(75)70-26-10-16-32-76(70)80/h1-11,13-27,29-51H,12,28H2. The molecule has 0 saturated carbocycles. The van der Waals surface area contributed by atoms with E-state index in [1.54, 1.807) is 0 Å². The highest BCUT2D eigenvalue weighted by Crippen LogP contribution is 2.43. The number of aryl methyl sites for hydroxylation is 1. The lowest BCUT2D eigenvalue weighted by molar-refractivity contribution is 0.968. The van der Waals surface area contributed by atoms with Crippen LogP contribution in [-0.4, -0.2) is 13.7 Å². The Morgan fingerprint density at radius 3 is 0.901 bits per heavy atom. The number of allylic oxidation sites excluding steroid dienone is 1. The minimum absolute atomic E-state index is 1.02. The molecule has 3 heterocycles. The average molecular weight is 1030 g/mol. The first-order valence-corrected chi connectivity index (χ1v) is 28.2. The smallest absolute Gasteiger partial charge is 0.0541 e. The topological polar surface area (TPSA) is 14.8 Å². The maximum atomic E-state index is 2.51. The molecule has 0 radical (unpaired) electrons. The molecule has 0 fully saturated rings. The third kappa shape index (κ3) is 7.96. The molecule has 0 atom stereocenters. The predicted octanol–water partition coefficient (Wildman–Crippen LogP) is 20.8. The zero-order chi connectivity index (χ0) is 53.4. The first kappa shape index (κ1) is 46.6. The molecule has 380 valence electrons. The van der Waals surface area contributed by atoms with Gasteiger partial charge in [0.2, 0.25) is 0 Å². The number of fused-ring (bicyclic) bond motifs is 9. The van der Waals surface area contributed by atoms with E-state index in [1.165, 1.54) is 88.0 Å². The van der Waals surface area contributed by atoms with Crippen LogP contribution in [0.4, 0.5) is 0 Å². The monoisotopic (exact) mass is 1030 g/mol. The van der Waals surface area contributed by atoms with E-state index in [-0.39, 0.29) is 0 Å². The molecule has 1 aliphatic carbocycles. The Kier molecular flexibility index (Phi) is 11.0. The molecule has 12 aromatic carbocycles. The first-order chi connectivity index (χ1) is 40.1. The second-order valence-electron chi connectivity index (χ2n) is 21.6. The van der Waals surface area contributed by atoms with Crippen LogP contribution in [0.2, 0.25) is 0 Å². The summed E-state index contributed by atoms with van der Waals surface area (Å²) in [6.07, 6.45) is 6.74. The Hall–Kier alpha value is -10.5. The molecule has 0 unspecified atom stereocenters. The third-order valence-corrected chi connectivity index (χ3v) is 16.9. The summed E-state index contributed by atoms with van der Waals surface area (Å²) < 4.78 is 7.30. The van der Waals surface area contributed by atoms with Gasteiger partial charge in [-0.05, 0) is 200 Å². The first-order valence-electron chi connectivity index (χ1n) is 28.2. The van der Waals surface area contributed by atoms with Crippen LogP contribution in [0.25, 0.3) is 144 Å². The lowest BCUT2D eigenvalue weighted by Crippen LogP contribution is -2.01. The van der Waals surface area contributed by atoms with Gasteiger partial charge in [0, 0.05) is 49.7 Å². The largest absolute Gasteiger partial charge is 0.310 e. The van der Waals surface area contributed by atoms with Gasteiger partial charge in [-0.2, -0.15) is 0 Å². The van der Waals surface area contributed by atoms with Crippen LogP contribution in [0, 0.1) is 0 Å². The van der Waals surface area contributed by atoms with E-state index >= 15 is 0 Å². The SMILES string of the molecule is C1=Cc2c(c3ccccc3n2-c2cc(-c3cc(-c4ccccc4)cc(-c4ccc(-n5c6ccccc6c6ccccc65)cc4)c3)cc(-c3cc(-c4ccccc4)cc(-c4ccc(-n5c6ccccc6c6ccccc65)cc4)c3)c2)CC1. The lowest BCUT2D eigenvalue weighted by atomic mass is 9.90. The van der Waals surface area contributed by atoms with Crippen LogP contribution >= 0.6 is 0 Å². The fraction of sp³-hybridized carbons (Fsp3) is 0.0256. The molecule has 16 rings (SSSR count). The summed E-state index contributed by atoms with van der Waals surface area (Å²) in [6.45, 7) is 0. The predicted molar refractivity (Wildman–Crippen MR) is 342 cm³/mol. The van der Waals surface area contributed by atoms with E-state index in [2.05, 4.69) is 311 Å². The maximum Gasteiger partial charge on any atom is 0.0541 e. The van der Waals surface area contributed by atoms with Crippen molar-refractivity contribution in [3.8, 4) is 83.8 Å². The molecule has 1 aliphatic rings. The van der Waals surface area contributed by atoms with Crippen molar-refractivity contribution in [3.63, 3.8) is 0 Å². The Morgan fingerprint density at radius 1 is 0.222 bits per heavy atom. The van der Waals surface area contributed by atoms with E-state index in [0.29, 0.717) is 0 Å². The van der Waals surface area contributed by atoms with Crippen molar-refractivity contribution in [2.24, 2.45) is 0 Å². The van der Waals surface area contributed by atoms with Gasteiger partial charge in [0.1, 0.15) is 0 Å². The van der Waals surface area contributed by atoms with Gasteiger partial charge in [-0.3, -0.25) is 0 Å². The number of benzene rings is 12. The van der Waals surface area contributed by atoms with Crippen molar-refractivity contribution in [1.29, 1.82) is 0 Å². The van der Waals surface area contributed by atoms with Gasteiger partial charge in [0.05, 0.1) is 27.6 Å². The second kappa shape index (κ2) is 19.2. The molecule has 0 bridgehead atoms. The van der Waals surface area contributed by atoms with Gasteiger partial charge in [-0.25, -0.2) is 0 Å². The number of aromatic nitrogens is 3. The molecule has 81 heavy (non-hydrogen) atoms. The average Bonchev–Trinajstić information content (AvgIpc) is 4.33. The molecule has 0 aliphatic heterocycles. The van der Waals surface area contributed by atoms with Crippen LogP contribution in [-0.2, 0) is 6.42 Å². The van der Waals surface area contributed by atoms with E-state index in [1.807, 2.05) is 0 Å². The fourth-order valence-electron chi connectivity index (χ4n) is 13.1. The van der Waals surface area contributed by atoms with Gasteiger partial charge in [0.25, 0.3) is 0 Å². The van der Waals surface area contributed by atoms with E-state index < -0.39 is 0 Å². The van der Waals surface area contributed by atoms with Crippen molar-refractivity contribution >= 4 is 60.6 Å². The summed E-state index contributed by atoms with van der Waals surface area (Å²) in [5.41, 5.74) is 26.1. The van der Waals surface area contributed by atoms with Crippen LogP contribution in [0.1, 0.15) is 17.7 Å². The Bertz CT molecular complexity index is 4580. The molecule has 3 aromatic heterocycles. The summed E-state index contributed by atoms with van der Waals surface area (Å²) in [5, 5.41) is 6.36. The van der Waals surface area contributed by atoms with Crippen molar-refractivity contribution in [3.05, 3.63) is 302 Å². The molecule has 0 amide bonds. The summed E-state index contributed by atoms with van der Waals surface area (Å²) in [5.74, 6) is 0. The number of para-hydroxylation sites is 5. The molecule has 0 spiro atoms. The van der Waals surface area contributed by atoms with Gasteiger partial charge in [-0.1, -0.05) is 182 Å². The third-order valence-electron chi connectivity index (χ3n) is 16.9. The number of rotatable bonds is 9. The van der Waals surface area contributed by atoms with Crippen LogP contribution in [0.3, 0.4) is 0 Å². The van der Waals surface area contributed by atoms with Crippen LogP contribution in [0.5, 0.6) is 0 Å². The maximum absolute atomic E-state index is 2.51. The van der Waals surface area contributed by atoms with Crippen molar-refractivity contribution in [2.75, 3.05) is 0 Å². The Balaban J connectivity index is 0.885. The summed E-state index contributed by atoms with van der Waals surface area (Å²) in [6, 6.07) is 106. The number of hydrogen-bond acceptors (Lipinski definition) is 0. The number of hydrogen-bond donors (Lipinski definition) is 0. The summed E-state index contributed by atoms with van der Waals surface area (Å²) in [7, 11) is 0. The van der Waals surface area contributed by atoms with Gasteiger partial charge in [-0.15, -0.1) is 0 Å². The van der Waals surface area contributed by atoms with Crippen molar-refractivity contribution < 1.29 is 0 Å². The van der Waals surface area contributed by atoms with E-state index in [9.17, 15) is 0 Å². The van der Waals surface area contributed by atoms with Crippen LogP contribution in [0.15, 0.2) is 291 Å². The molecule has 3 heteroatoms. The second-order valence-corrected chi connectivity index (χ2v) is 21.6. The van der Waals surface area contributed by atoms with E-state index in [0.717, 1.165) is 74.4 Å². The number of nitrogens with zero attached hydrogens (tertiary/aromatic N) is 3.